The summed E-state index contributed by atoms with van der Waals surface area (Å²) in [5, 5.41) is -1.58. The van der Waals surface area contributed by atoms with Crippen molar-refractivity contribution in [3.05, 3.63) is 56.6 Å². The van der Waals surface area contributed by atoms with Gasteiger partial charge in [0, 0.05) is 0 Å². The summed E-state index contributed by atoms with van der Waals surface area (Å²) in [6.07, 6.45) is -6.80. The molecule has 196 valence electrons. The van der Waals surface area contributed by atoms with E-state index in [-0.39, 0.29) is 23.0 Å². The molecule has 2 aromatic carbocycles. The molecule has 5 nitrogen and oxygen atoms in total. The molecular weight excluding hydrogens is 541 g/mol. The van der Waals surface area contributed by atoms with E-state index in [1.54, 1.807) is 0 Å². The van der Waals surface area contributed by atoms with Crippen LogP contribution in [0.3, 0.4) is 0 Å². The molecule has 0 amide bonds. The molecule has 0 aliphatic heterocycles. The van der Waals surface area contributed by atoms with Crippen LogP contribution in [0.2, 0.25) is 10.0 Å². The predicted octanol–water partition coefficient (Wildman–Crippen LogP) is 7.36. The third kappa shape index (κ3) is 6.19. The maximum Gasteiger partial charge on any atom is 0.418 e. The number of carbonyl (C=O) groups excluding carboxylic acids is 1. The molecule has 0 saturated heterocycles. The average Bonchev–Trinajstić information content (AvgIpc) is 2.78. The van der Waals surface area contributed by atoms with Crippen LogP contribution in [0.5, 0.6) is 23.0 Å². The quantitative estimate of drug-likeness (QED) is 0.250. The molecule has 0 bridgehead atoms. The average molecular weight is 559 g/mol. The molecule has 0 aliphatic carbocycles. The molecule has 2 aromatic rings. The highest BCUT2D eigenvalue weighted by atomic mass is 35.5. The van der Waals surface area contributed by atoms with Crippen LogP contribution in [0.25, 0.3) is 12.2 Å². The number of methoxy groups -OCH3 is 4. The van der Waals surface area contributed by atoms with Crippen molar-refractivity contribution in [1.29, 1.82) is 0 Å². The molecule has 0 fully saturated rings. The molecule has 0 aliphatic rings. The zero-order chi connectivity index (χ0) is 27.4. The standard InChI is InChI=1S/C23H18Cl2F6O5/c1-33-14-9-11(16(22(26,27)28)18(24)20(14)35-3)5-7-13(32)8-6-12-10-15(34-2)21(36-4)19(25)17(12)23(29,30)31/h5-10H,1-4H3/b7-5+,8-6+. The van der Waals surface area contributed by atoms with Crippen molar-refractivity contribution >= 4 is 41.1 Å². The lowest BCUT2D eigenvalue weighted by atomic mass is 10.0. The number of allylic oxidation sites excluding steroid dienone is 2. The summed E-state index contributed by atoms with van der Waals surface area (Å²) in [4.78, 5) is 12.3. The number of rotatable bonds is 8. The van der Waals surface area contributed by atoms with E-state index < -0.39 is 50.4 Å². The zero-order valence-electron chi connectivity index (χ0n) is 19.0. The second-order valence-electron chi connectivity index (χ2n) is 6.85. The van der Waals surface area contributed by atoms with E-state index in [9.17, 15) is 31.1 Å². The van der Waals surface area contributed by atoms with Crippen molar-refractivity contribution in [2.45, 2.75) is 12.4 Å². The van der Waals surface area contributed by atoms with Crippen molar-refractivity contribution in [2.24, 2.45) is 0 Å². The van der Waals surface area contributed by atoms with E-state index in [4.69, 9.17) is 42.1 Å². The summed E-state index contributed by atoms with van der Waals surface area (Å²) in [5.74, 6) is -1.92. The van der Waals surface area contributed by atoms with Gasteiger partial charge in [-0.3, -0.25) is 4.79 Å². The molecule has 0 spiro atoms. The van der Waals surface area contributed by atoms with Crippen LogP contribution in [0.15, 0.2) is 24.3 Å². The lowest BCUT2D eigenvalue weighted by Crippen LogP contribution is -2.10. The molecule has 0 atom stereocenters. The predicted molar refractivity (Wildman–Crippen MR) is 122 cm³/mol. The second-order valence-corrected chi connectivity index (χ2v) is 7.60. The number of hydrogen-bond donors (Lipinski definition) is 0. The van der Waals surface area contributed by atoms with Crippen LogP contribution in [-0.4, -0.2) is 34.2 Å². The second kappa shape index (κ2) is 11.3. The van der Waals surface area contributed by atoms with Crippen molar-refractivity contribution in [2.75, 3.05) is 28.4 Å². The zero-order valence-corrected chi connectivity index (χ0v) is 20.5. The van der Waals surface area contributed by atoms with Crippen LogP contribution in [0, 0.1) is 0 Å². The SMILES string of the molecule is COc1cc(/C=C/C(=O)/C=C/c2cc(OC)c(OC)c(Cl)c2C(F)(F)F)c(C(F)(F)F)c(Cl)c1OC. The van der Waals surface area contributed by atoms with Crippen LogP contribution in [0.1, 0.15) is 22.3 Å². The van der Waals surface area contributed by atoms with Gasteiger partial charge in [-0.25, -0.2) is 0 Å². The smallest absolute Gasteiger partial charge is 0.418 e. The van der Waals surface area contributed by atoms with Gasteiger partial charge in [-0.15, -0.1) is 0 Å². The Hall–Kier alpha value is -3.05. The Kier molecular flexibility index (Phi) is 9.19. The molecule has 0 saturated carbocycles. The van der Waals surface area contributed by atoms with Gasteiger partial charge >= 0.3 is 12.4 Å². The molecular formula is C23H18Cl2F6O5. The minimum Gasteiger partial charge on any atom is -0.493 e. The Balaban J connectivity index is 2.54. The first kappa shape index (κ1) is 29.2. The number of carbonyl (C=O) groups is 1. The lowest BCUT2D eigenvalue weighted by Gasteiger charge is -2.18. The maximum atomic E-state index is 13.6. The summed E-state index contributed by atoms with van der Waals surface area (Å²) >= 11 is 11.7. The van der Waals surface area contributed by atoms with Gasteiger partial charge < -0.3 is 18.9 Å². The topological polar surface area (TPSA) is 54.0 Å². The molecule has 13 heteroatoms. The van der Waals surface area contributed by atoms with E-state index in [1.165, 1.54) is 14.2 Å². The Labute approximate surface area is 211 Å². The largest absolute Gasteiger partial charge is 0.493 e. The van der Waals surface area contributed by atoms with Gasteiger partial charge in [0.25, 0.3) is 0 Å². The molecule has 0 aromatic heterocycles. The van der Waals surface area contributed by atoms with Gasteiger partial charge in [-0.1, -0.05) is 35.4 Å². The van der Waals surface area contributed by atoms with E-state index in [0.29, 0.717) is 0 Å². The first-order chi connectivity index (χ1) is 16.7. The summed E-state index contributed by atoms with van der Waals surface area (Å²) in [5.41, 5.74) is -3.64. The summed E-state index contributed by atoms with van der Waals surface area (Å²) in [6, 6.07) is 1.91. The number of halogens is 8. The Bertz CT molecular complexity index is 1110. The van der Waals surface area contributed by atoms with Crippen molar-refractivity contribution in [1.82, 2.24) is 0 Å². The molecule has 2 rings (SSSR count). The summed E-state index contributed by atoms with van der Waals surface area (Å²) in [7, 11) is 4.55. The van der Waals surface area contributed by atoms with Crippen LogP contribution < -0.4 is 18.9 Å². The van der Waals surface area contributed by atoms with E-state index >= 15 is 0 Å². The van der Waals surface area contributed by atoms with E-state index in [2.05, 4.69) is 0 Å². The van der Waals surface area contributed by atoms with Gasteiger partial charge in [0.15, 0.2) is 28.8 Å². The number of alkyl halides is 6. The summed E-state index contributed by atoms with van der Waals surface area (Å²) in [6.45, 7) is 0. The third-order valence-electron chi connectivity index (χ3n) is 4.71. The fourth-order valence-corrected chi connectivity index (χ4v) is 3.95. The highest BCUT2D eigenvalue weighted by molar-refractivity contribution is 6.34. The van der Waals surface area contributed by atoms with Gasteiger partial charge in [0.2, 0.25) is 0 Å². The first-order valence-electron chi connectivity index (χ1n) is 9.64. The van der Waals surface area contributed by atoms with Crippen LogP contribution >= 0.6 is 23.2 Å². The molecule has 0 heterocycles. The monoisotopic (exact) mass is 558 g/mol. The van der Waals surface area contributed by atoms with Crippen molar-refractivity contribution in [3.8, 4) is 23.0 Å². The lowest BCUT2D eigenvalue weighted by molar-refractivity contribution is -0.138. The van der Waals surface area contributed by atoms with E-state index in [1.807, 2.05) is 0 Å². The van der Waals surface area contributed by atoms with Gasteiger partial charge in [-0.05, 0) is 35.4 Å². The number of ether oxygens (including phenoxy) is 4. The minimum absolute atomic E-state index is 0.132. The Morgan fingerprint density at radius 1 is 0.694 bits per heavy atom. The normalized spacial score (nSPS) is 12.3. The van der Waals surface area contributed by atoms with Crippen molar-refractivity contribution < 1.29 is 50.1 Å². The van der Waals surface area contributed by atoms with Crippen LogP contribution in [0.4, 0.5) is 26.3 Å². The molecule has 0 radical (unpaired) electrons. The Morgan fingerprint density at radius 3 is 1.28 bits per heavy atom. The highest BCUT2D eigenvalue weighted by Gasteiger charge is 2.39. The molecule has 0 unspecified atom stereocenters. The van der Waals surface area contributed by atoms with Crippen LogP contribution in [-0.2, 0) is 17.1 Å². The maximum absolute atomic E-state index is 13.6. The number of ketones is 1. The van der Waals surface area contributed by atoms with Gasteiger partial charge in [0.1, 0.15) is 0 Å². The molecule has 36 heavy (non-hydrogen) atoms. The van der Waals surface area contributed by atoms with Gasteiger partial charge in [0.05, 0.1) is 49.6 Å². The summed E-state index contributed by atoms with van der Waals surface area (Å²) < 4.78 is 101. The fourth-order valence-electron chi connectivity index (χ4n) is 3.18. The highest BCUT2D eigenvalue weighted by Crippen LogP contribution is 2.48. The minimum atomic E-state index is -4.92. The third-order valence-corrected chi connectivity index (χ3v) is 5.43. The first-order valence-corrected chi connectivity index (χ1v) is 10.4. The Morgan fingerprint density at radius 2 is 1.03 bits per heavy atom. The molecule has 0 N–H and O–H groups in total. The number of hydrogen-bond acceptors (Lipinski definition) is 5. The van der Waals surface area contributed by atoms with E-state index in [0.717, 1.165) is 50.7 Å². The fraction of sp³-hybridized carbons (Fsp3) is 0.261. The number of benzene rings is 2. The van der Waals surface area contributed by atoms with Gasteiger partial charge in [-0.2, -0.15) is 26.3 Å². The van der Waals surface area contributed by atoms with Crippen molar-refractivity contribution in [3.63, 3.8) is 0 Å².